The molecule has 1 aliphatic heterocycles. The molecule has 174 valence electrons. The third-order valence-corrected chi connectivity index (χ3v) is 5.67. The first-order chi connectivity index (χ1) is 16.3. The fourth-order valence-electron chi connectivity index (χ4n) is 4.00. The van der Waals surface area contributed by atoms with Gasteiger partial charge in [0, 0.05) is 22.8 Å². The highest BCUT2D eigenvalue weighted by molar-refractivity contribution is 6.16. The van der Waals surface area contributed by atoms with E-state index in [1.165, 1.54) is 0 Å². The summed E-state index contributed by atoms with van der Waals surface area (Å²) in [5.41, 5.74) is 5.36. The van der Waals surface area contributed by atoms with Gasteiger partial charge < -0.3 is 19.9 Å². The Morgan fingerprint density at radius 1 is 1.06 bits per heavy atom. The Morgan fingerprint density at radius 3 is 2.47 bits per heavy atom. The van der Waals surface area contributed by atoms with Crippen molar-refractivity contribution in [3.8, 4) is 11.4 Å². The minimum Gasteiger partial charge on any atom is -0.497 e. The molecule has 2 heterocycles. The third-order valence-electron chi connectivity index (χ3n) is 5.67. The molecule has 8 nitrogen and oxygen atoms in total. The van der Waals surface area contributed by atoms with Gasteiger partial charge in [-0.25, -0.2) is 9.69 Å². The maximum absolute atomic E-state index is 12.9. The Kier molecular flexibility index (Phi) is 6.23. The molecule has 1 saturated heterocycles. The maximum Gasteiger partial charge on any atom is 0.329 e. The zero-order chi connectivity index (χ0) is 24.4. The molecule has 34 heavy (non-hydrogen) atoms. The Bertz CT molecular complexity index is 1300. The highest BCUT2D eigenvalue weighted by Crippen LogP contribution is 2.25. The van der Waals surface area contributed by atoms with Gasteiger partial charge in [-0.1, -0.05) is 12.1 Å². The zero-order valence-electron chi connectivity index (χ0n) is 19.5. The van der Waals surface area contributed by atoms with Crippen LogP contribution < -0.4 is 15.4 Å². The molecule has 0 atom stereocenters. The van der Waals surface area contributed by atoms with E-state index in [1.807, 2.05) is 69.3 Å². The van der Waals surface area contributed by atoms with Crippen molar-refractivity contribution in [2.45, 2.75) is 20.8 Å². The number of aromatic nitrogens is 1. The summed E-state index contributed by atoms with van der Waals surface area (Å²) in [6.07, 6.45) is 1.64. The van der Waals surface area contributed by atoms with Gasteiger partial charge in [0.2, 0.25) is 5.91 Å². The highest BCUT2D eigenvalue weighted by Gasteiger charge is 2.35. The number of nitrogens with one attached hydrogen (secondary N) is 2. The number of hydrogen-bond donors (Lipinski definition) is 2. The van der Waals surface area contributed by atoms with Crippen LogP contribution in [0.15, 0.2) is 60.3 Å². The Morgan fingerprint density at radius 2 is 1.79 bits per heavy atom. The first-order valence-electron chi connectivity index (χ1n) is 10.8. The summed E-state index contributed by atoms with van der Waals surface area (Å²) in [6, 6.07) is 16.3. The molecule has 8 heteroatoms. The number of hydrogen-bond acceptors (Lipinski definition) is 4. The van der Waals surface area contributed by atoms with Crippen LogP contribution in [0.4, 0.5) is 10.5 Å². The summed E-state index contributed by atoms with van der Waals surface area (Å²) in [6.45, 7) is 5.45. The van der Waals surface area contributed by atoms with Gasteiger partial charge in [0.1, 0.15) is 18.0 Å². The minimum atomic E-state index is -0.625. The average Bonchev–Trinajstić information content (AvgIpc) is 3.23. The van der Waals surface area contributed by atoms with Crippen LogP contribution in [0.3, 0.4) is 0 Å². The number of benzene rings is 2. The molecule has 0 spiro atoms. The third kappa shape index (κ3) is 4.56. The number of carbonyl (C=O) groups is 3. The zero-order valence-corrected chi connectivity index (χ0v) is 19.5. The number of carbonyl (C=O) groups excluding carboxylic acids is 3. The van der Waals surface area contributed by atoms with Crippen LogP contribution in [0.5, 0.6) is 5.75 Å². The Labute approximate surface area is 197 Å². The van der Waals surface area contributed by atoms with Crippen LogP contribution in [0.2, 0.25) is 0 Å². The van der Waals surface area contributed by atoms with E-state index in [4.69, 9.17) is 4.74 Å². The summed E-state index contributed by atoms with van der Waals surface area (Å²) in [5, 5.41) is 5.30. The lowest BCUT2D eigenvalue weighted by atomic mass is 10.2. The number of ether oxygens (including phenoxy) is 1. The molecular formula is C26H26N4O4. The van der Waals surface area contributed by atoms with E-state index in [0.717, 1.165) is 38.9 Å². The molecule has 4 rings (SSSR count). The second kappa shape index (κ2) is 9.27. The Hall–Kier alpha value is -4.33. The van der Waals surface area contributed by atoms with Gasteiger partial charge in [-0.3, -0.25) is 9.59 Å². The maximum atomic E-state index is 12.9. The van der Waals surface area contributed by atoms with Crippen molar-refractivity contribution in [2.75, 3.05) is 19.0 Å². The molecule has 2 aromatic carbocycles. The van der Waals surface area contributed by atoms with Gasteiger partial charge in [-0.2, -0.15) is 0 Å². The van der Waals surface area contributed by atoms with Gasteiger partial charge in [0.15, 0.2) is 0 Å². The van der Waals surface area contributed by atoms with E-state index in [9.17, 15) is 14.4 Å². The van der Waals surface area contributed by atoms with Crippen LogP contribution >= 0.6 is 0 Å². The van der Waals surface area contributed by atoms with Crippen molar-refractivity contribution in [2.24, 2.45) is 0 Å². The van der Waals surface area contributed by atoms with Crippen molar-refractivity contribution >= 4 is 29.6 Å². The molecule has 2 N–H and O–H groups in total. The number of urea groups is 1. The lowest BCUT2D eigenvalue weighted by Gasteiger charge is -2.12. The molecule has 0 bridgehead atoms. The molecule has 0 aliphatic carbocycles. The van der Waals surface area contributed by atoms with Gasteiger partial charge in [-0.15, -0.1) is 0 Å². The summed E-state index contributed by atoms with van der Waals surface area (Å²) in [7, 11) is 1.62. The van der Waals surface area contributed by atoms with Gasteiger partial charge in [-0.05, 0) is 80.4 Å². The van der Waals surface area contributed by atoms with Gasteiger partial charge in [0.05, 0.1) is 7.11 Å². The van der Waals surface area contributed by atoms with Crippen molar-refractivity contribution in [3.05, 3.63) is 82.8 Å². The smallest absolute Gasteiger partial charge is 0.329 e. The fraction of sp³-hybridized carbons (Fsp3) is 0.192. The summed E-state index contributed by atoms with van der Waals surface area (Å²) < 4.78 is 7.28. The van der Waals surface area contributed by atoms with E-state index in [1.54, 1.807) is 19.3 Å². The van der Waals surface area contributed by atoms with Crippen LogP contribution in [-0.2, 0) is 9.59 Å². The number of anilines is 1. The highest BCUT2D eigenvalue weighted by atomic mass is 16.5. The van der Waals surface area contributed by atoms with Crippen molar-refractivity contribution < 1.29 is 19.1 Å². The summed E-state index contributed by atoms with van der Waals surface area (Å²) >= 11 is 0. The molecule has 4 amide bonds. The summed E-state index contributed by atoms with van der Waals surface area (Å²) in [4.78, 5) is 38.6. The standard InChI is InChI=1S/C26H26N4O4/c1-16-6-5-7-20(12-16)27-24(31)15-29-25(32)23(28-26(29)33)14-19-13-17(2)30(18(19)3)21-8-10-22(34-4)11-9-21/h5-14H,15H2,1-4H3,(H,27,31)(H,28,33)/b23-14+. The predicted octanol–water partition coefficient (Wildman–Crippen LogP) is 3.94. The largest absolute Gasteiger partial charge is 0.497 e. The van der Waals surface area contributed by atoms with Gasteiger partial charge in [0.25, 0.3) is 5.91 Å². The number of nitrogens with zero attached hydrogens (tertiary/aromatic N) is 2. The quantitative estimate of drug-likeness (QED) is 0.432. The second-order valence-electron chi connectivity index (χ2n) is 8.16. The monoisotopic (exact) mass is 458 g/mol. The molecule has 0 saturated carbocycles. The van der Waals surface area contributed by atoms with Crippen LogP contribution in [-0.4, -0.2) is 41.0 Å². The van der Waals surface area contributed by atoms with E-state index < -0.39 is 17.8 Å². The molecule has 1 aliphatic rings. The predicted molar refractivity (Wildman–Crippen MR) is 130 cm³/mol. The van der Waals surface area contributed by atoms with Crippen molar-refractivity contribution in [1.82, 2.24) is 14.8 Å². The van der Waals surface area contributed by atoms with E-state index in [0.29, 0.717) is 5.69 Å². The number of rotatable bonds is 6. The Balaban J connectivity index is 1.52. The first kappa shape index (κ1) is 22.8. The topological polar surface area (TPSA) is 92.7 Å². The number of imide groups is 1. The first-order valence-corrected chi connectivity index (χ1v) is 10.8. The molecule has 1 aromatic heterocycles. The van der Waals surface area contributed by atoms with Crippen LogP contribution in [0, 0.1) is 20.8 Å². The lowest BCUT2D eigenvalue weighted by Crippen LogP contribution is -2.38. The molecular weight excluding hydrogens is 432 g/mol. The summed E-state index contributed by atoms with van der Waals surface area (Å²) in [5.74, 6) is -0.231. The SMILES string of the molecule is COc1ccc(-n2c(C)cc(/C=C3/NC(=O)N(CC(=O)Nc4cccc(C)c4)C3=O)c2C)cc1. The van der Waals surface area contributed by atoms with Crippen molar-refractivity contribution in [3.63, 3.8) is 0 Å². The normalized spacial score (nSPS) is 14.5. The van der Waals surface area contributed by atoms with E-state index in [-0.39, 0.29) is 12.2 Å². The average molecular weight is 459 g/mol. The second-order valence-corrected chi connectivity index (χ2v) is 8.16. The number of amides is 4. The number of aryl methyl sites for hydroxylation is 2. The van der Waals surface area contributed by atoms with E-state index in [2.05, 4.69) is 15.2 Å². The molecule has 3 aromatic rings. The fourth-order valence-corrected chi connectivity index (χ4v) is 4.00. The van der Waals surface area contributed by atoms with Gasteiger partial charge >= 0.3 is 6.03 Å². The van der Waals surface area contributed by atoms with E-state index >= 15 is 0 Å². The molecule has 1 fully saturated rings. The molecule has 0 radical (unpaired) electrons. The molecule has 0 unspecified atom stereocenters. The van der Waals surface area contributed by atoms with Crippen LogP contribution in [0.1, 0.15) is 22.5 Å². The number of methoxy groups -OCH3 is 1. The van der Waals surface area contributed by atoms with Crippen LogP contribution in [0.25, 0.3) is 11.8 Å². The minimum absolute atomic E-state index is 0.128. The lowest BCUT2D eigenvalue weighted by molar-refractivity contribution is -0.127. The van der Waals surface area contributed by atoms with Crippen molar-refractivity contribution in [1.29, 1.82) is 0 Å².